The van der Waals surface area contributed by atoms with Crippen LogP contribution in [0.3, 0.4) is 0 Å². The van der Waals surface area contributed by atoms with Crippen LogP contribution in [-0.4, -0.2) is 0 Å². The summed E-state index contributed by atoms with van der Waals surface area (Å²) in [6.45, 7) is 15.2. The summed E-state index contributed by atoms with van der Waals surface area (Å²) in [4.78, 5) is 0. The first-order valence-corrected chi connectivity index (χ1v) is 5.78. The van der Waals surface area contributed by atoms with Crippen molar-refractivity contribution in [3.8, 4) is 0 Å². The molecule has 0 aliphatic rings. The summed E-state index contributed by atoms with van der Waals surface area (Å²) in [5.74, 6) is 2.10. The van der Waals surface area contributed by atoms with Crippen molar-refractivity contribution in [2.45, 2.75) is 47.5 Å². The van der Waals surface area contributed by atoms with Gasteiger partial charge in [-0.05, 0) is 38.0 Å². The molecular weight excluding hydrogens is 168 g/mol. The maximum atomic E-state index is 3.95. The first kappa shape index (κ1) is 13.5. The van der Waals surface area contributed by atoms with Gasteiger partial charge in [0, 0.05) is 0 Å². The highest BCUT2D eigenvalue weighted by Gasteiger charge is 2.15. The van der Waals surface area contributed by atoms with Crippen molar-refractivity contribution in [3.05, 3.63) is 24.3 Å². The van der Waals surface area contributed by atoms with Crippen molar-refractivity contribution >= 4 is 0 Å². The van der Waals surface area contributed by atoms with E-state index in [2.05, 4.69) is 53.3 Å². The lowest BCUT2D eigenvalue weighted by molar-refractivity contribution is 0.408. The van der Waals surface area contributed by atoms with E-state index in [9.17, 15) is 0 Å². The van der Waals surface area contributed by atoms with Gasteiger partial charge in [-0.15, -0.1) is 6.58 Å². The molecule has 2 unspecified atom stereocenters. The molecule has 0 rings (SSSR count). The number of allylic oxidation sites excluding steroid dienone is 3. The van der Waals surface area contributed by atoms with Gasteiger partial charge in [0.2, 0.25) is 0 Å². The molecule has 0 amide bonds. The second-order valence-electron chi connectivity index (χ2n) is 4.69. The standard InChI is InChI=1S/C14H26/c1-7-12(5)13(6)14(8-2)10-9-11(3)4/h7-8,11,13-14H,2,9-10H2,1,3-6H3. The molecule has 0 aliphatic carbocycles. The number of rotatable bonds is 6. The van der Waals surface area contributed by atoms with E-state index in [0.717, 1.165) is 5.92 Å². The third-order valence-electron chi connectivity index (χ3n) is 3.20. The van der Waals surface area contributed by atoms with E-state index >= 15 is 0 Å². The minimum atomic E-state index is 0.647. The van der Waals surface area contributed by atoms with Gasteiger partial charge in [0.05, 0.1) is 0 Å². The zero-order valence-corrected chi connectivity index (χ0v) is 10.5. The van der Waals surface area contributed by atoms with E-state index in [0.29, 0.717) is 11.8 Å². The molecule has 0 aromatic carbocycles. The van der Waals surface area contributed by atoms with E-state index < -0.39 is 0 Å². The predicted molar refractivity (Wildman–Crippen MR) is 66.4 cm³/mol. The number of hydrogen-bond acceptors (Lipinski definition) is 0. The van der Waals surface area contributed by atoms with Gasteiger partial charge in [-0.1, -0.05) is 44.9 Å². The summed E-state index contributed by atoms with van der Waals surface area (Å²) in [7, 11) is 0. The SMILES string of the molecule is C=CC(CCC(C)C)C(C)C(C)=CC. The van der Waals surface area contributed by atoms with E-state index in [-0.39, 0.29) is 0 Å². The van der Waals surface area contributed by atoms with Crippen LogP contribution in [0.4, 0.5) is 0 Å². The number of hydrogen-bond donors (Lipinski definition) is 0. The summed E-state index contributed by atoms with van der Waals surface area (Å²) < 4.78 is 0. The Balaban J connectivity index is 4.19. The molecule has 0 spiro atoms. The first-order chi connectivity index (χ1) is 6.52. The Kier molecular flexibility index (Phi) is 6.61. The summed E-state index contributed by atoms with van der Waals surface area (Å²) in [5, 5.41) is 0. The highest BCUT2D eigenvalue weighted by molar-refractivity contribution is 5.05. The second kappa shape index (κ2) is 6.86. The first-order valence-electron chi connectivity index (χ1n) is 5.78. The smallest absolute Gasteiger partial charge is 0.0172 e. The zero-order chi connectivity index (χ0) is 11.1. The monoisotopic (exact) mass is 194 g/mol. The highest BCUT2D eigenvalue weighted by Crippen LogP contribution is 2.26. The Morgan fingerprint density at radius 1 is 1.21 bits per heavy atom. The Hall–Kier alpha value is -0.520. The van der Waals surface area contributed by atoms with Crippen molar-refractivity contribution in [2.75, 3.05) is 0 Å². The molecule has 0 heteroatoms. The quantitative estimate of drug-likeness (QED) is 0.531. The van der Waals surface area contributed by atoms with Crippen molar-refractivity contribution in [2.24, 2.45) is 17.8 Å². The van der Waals surface area contributed by atoms with Crippen LogP contribution in [0.5, 0.6) is 0 Å². The molecule has 0 saturated heterocycles. The molecular formula is C14H26. The molecule has 0 aliphatic heterocycles. The van der Waals surface area contributed by atoms with Gasteiger partial charge in [-0.2, -0.15) is 0 Å². The molecule has 0 N–H and O–H groups in total. The molecule has 2 atom stereocenters. The van der Waals surface area contributed by atoms with Crippen LogP contribution in [0, 0.1) is 17.8 Å². The molecule has 82 valence electrons. The average Bonchev–Trinajstić information content (AvgIpc) is 2.16. The molecule has 0 heterocycles. The molecule has 0 radical (unpaired) electrons. The molecule has 0 bridgehead atoms. The van der Waals surface area contributed by atoms with Gasteiger partial charge in [0.25, 0.3) is 0 Å². The maximum Gasteiger partial charge on any atom is -0.0172 e. The second-order valence-corrected chi connectivity index (χ2v) is 4.69. The highest BCUT2D eigenvalue weighted by atomic mass is 14.2. The normalized spacial score (nSPS) is 16.9. The molecule has 0 aromatic rings. The van der Waals surface area contributed by atoms with E-state index in [4.69, 9.17) is 0 Å². The predicted octanol–water partition coefficient (Wildman–Crippen LogP) is 4.83. The van der Waals surface area contributed by atoms with E-state index in [1.165, 1.54) is 18.4 Å². The summed E-state index contributed by atoms with van der Waals surface area (Å²) in [6, 6.07) is 0. The lowest BCUT2D eigenvalue weighted by Gasteiger charge is -2.22. The van der Waals surface area contributed by atoms with Gasteiger partial charge < -0.3 is 0 Å². The summed E-state index contributed by atoms with van der Waals surface area (Å²) >= 11 is 0. The third-order valence-corrected chi connectivity index (χ3v) is 3.20. The zero-order valence-electron chi connectivity index (χ0n) is 10.5. The van der Waals surface area contributed by atoms with Gasteiger partial charge in [0.15, 0.2) is 0 Å². The topological polar surface area (TPSA) is 0 Å². The molecule has 0 fully saturated rings. The maximum absolute atomic E-state index is 3.95. The summed E-state index contributed by atoms with van der Waals surface area (Å²) in [5.41, 5.74) is 1.48. The van der Waals surface area contributed by atoms with Gasteiger partial charge >= 0.3 is 0 Å². The Bertz CT molecular complexity index is 186. The lowest BCUT2D eigenvalue weighted by atomic mass is 9.83. The largest absolute Gasteiger partial charge is 0.103 e. The van der Waals surface area contributed by atoms with Gasteiger partial charge in [-0.3, -0.25) is 0 Å². The van der Waals surface area contributed by atoms with Crippen molar-refractivity contribution < 1.29 is 0 Å². The van der Waals surface area contributed by atoms with Crippen LogP contribution in [0.25, 0.3) is 0 Å². The van der Waals surface area contributed by atoms with Crippen LogP contribution >= 0.6 is 0 Å². The van der Waals surface area contributed by atoms with Crippen molar-refractivity contribution in [3.63, 3.8) is 0 Å². The lowest BCUT2D eigenvalue weighted by Crippen LogP contribution is -2.11. The minimum Gasteiger partial charge on any atom is -0.103 e. The average molecular weight is 194 g/mol. The molecule has 0 nitrogen and oxygen atoms in total. The molecule has 14 heavy (non-hydrogen) atoms. The van der Waals surface area contributed by atoms with Crippen LogP contribution in [0.2, 0.25) is 0 Å². The van der Waals surface area contributed by atoms with Gasteiger partial charge in [0.1, 0.15) is 0 Å². The van der Waals surface area contributed by atoms with Gasteiger partial charge in [-0.25, -0.2) is 0 Å². The Morgan fingerprint density at radius 2 is 1.79 bits per heavy atom. The van der Waals surface area contributed by atoms with Crippen LogP contribution in [0.1, 0.15) is 47.5 Å². The molecule has 0 aromatic heterocycles. The van der Waals surface area contributed by atoms with Crippen molar-refractivity contribution in [1.29, 1.82) is 0 Å². The van der Waals surface area contributed by atoms with Crippen LogP contribution in [0.15, 0.2) is 24.3 Å². The fourth-order valence-electron chi connectivity index (χ4n) is 1.70. The Morgan fingerprint density at radius 3 is 2.14 bits per heavy atom. The van der Waals surface area contributed by atoms with Crippen LogP contribution < -0.4 is 0 Å². The fraction of sp³-hybridized carbons (Fsp3) is 0.714. The van der Waals surface area contributed by atoms with Crippen LogP contribution in [-0.2, 0) is 0 Å². The Labute approximate surface area is 90.1 Å². The fourth-order valence-corrected chi connectivity index (χ4v) is 1.70. The minimum absolute atomic E-state index is 0.647. The third kappa shape index (κ3) is 4.64. The van der Waals surface area contributed by atoms with E-state index in [1.807, 2.05) is 0 Å². The van der Waals surface area contributed by atoms with Crippen molar-refractivity contribution in [1.82, 2.24) is 0 Å². The summed E-state index contributed by atoms with van der Waals surface area (Å²) in [6.07, 6.45) is 6.92. The molecule has 0 saturated carbocycles. The van der Waals surface area contributed by atoms with E-state index in [1.54, 1.807) is 0 Å².